The average molecular weight is 605 g/mol. The van der Waals surface area contributed by atoms with Crippen LogP contribution in [0.25, 0.3) is 21.8 Å². The standard InChI is InChI=1S/C30H24N2O4S4/c1-21-11-3-9-17-27(21)39(33,34)31-25-15-7-5-13-23(25)19-29(31)37-38-30-20-24-14-6-8-16-26(24)32(30)40(35,36)28-18-10-4-12-22(28)2/h3-20H,1-2H3. The third-order valence-corrected chi connectivity index (χ3v) is 13.0. The van der Waals surface area contributed by atoms with E-state index in [4.69, 9.17) is 0 Å². The third-order valence-electron chi connectivity index (χ3n) is 6.71. The van der Waals surface area contributed by atoms with Crippen LogP contribution in [0.5, 0.6) is 0 Å². The molecule has 6 nitrogen and oxygen atoms in total. The van der Waals surface area contributed by atoms with Crippen LogP contribution in [-0.2, 0) is 20.0 Å². The first-order chi connectivity index (χ1) is 19.2. The van der Waals surface area contributed by atoms with Gasteiger partial charge in [-0.3, -0.25) is 0 Å². The largest absolute Gasteiger partial charge is 0.269 e. The van der Waals surface area contributed by atoms with E-state index in [0.29, 0.717) is 32.2 Å². The Bertz CT molecular complexity index is 1970. The fraction of sp³-hybridized carbons (Fsp3) is 0.0667. The zero-order valence-corrected chi connectivity index (χ0v) is 24.8. The lowest BCUT2D eigenvalue weighted by Crippen LogP contribution is -2.15. The smallest absolute Gasteiger partial charge is 0.227 e. The molecule has 0 spiro atoms. The van der Waals surface area contributed by atoms with Gasteiger partial charge >= 0.3 is 0 Å². The summed E-state index contributed by atoms with van der Waals surface area (Å²) in [6, 6.07) is 32.1. The Morgan fingerprint density at radius 2 is 0.850 bits per heavy atom. The highest BCUT2D eigenvalue weighted by Crippen LogP contribution is 2.44. The number of fused-ring (bicyclic) bond motifs is 2. The van der Waals surface area contributed by atoms with Crippen molar-refractivity contribution in [2.24, 2.45) is 0 Å². The van der Waals surface area contributed by atoms with Crippen molar-refractivity contribution in [2.45, 2.75) is 33.7 Å². The lowest BCUT2D eigenvalue weighted by molar-refractivity contribution is 0.583. The molecule has 40 heavy (non-hydrogen) atoms. The van der Waals surface area contributed by atoms with E-state index >= 15 is 0 Å². The van der Waals surface area contributed by atoms with Gasteiger partial charge in [0.25, 0.3) is 20.0 Å². The first kappa shape index (κ1) is 26.8. The molecule has 0 aliphatic heterocycles. The van der Waals surface area contributed by atoms with Crippen LogP contribution in [-0.4, -0.2) is 24.8 Å². The summed E-state index contributed by atoms with van der Waals surface area (Å²) < 4.78 is 58.7. The first-order valence-electron chi connectivity index (χ1n) is 12.4. The van der Waals surface area contributed by atoms with Crippen molar-refractivity contribution >= 4 is 63.4 Å². The van der Waals surface area contributed by atoms with Crippen LogP contribution in [0.2, 0.25) is 0 Å². The molecule has 0 aliphatic carbocycles. The molecule has 0 saturated carbocycles. The highest BCUT2D eigenvalue weighted by Gasteiger charge is 2.28. The molecule has 0 atom stereocenters. The molecule has 10 heteroatoms. The summed E-state index contributed by atoms with van der Waals surface area (Å²) in [6.45, 7) is 3.55. The zero-order chi connectivity index (χ0) is 28.1. The summed E-state index contributed by atoms with van der Waals surface area (Å²) in [4.78, 5) is 0.443. The first-order valence-corrected chi connectivity index (χ1v) is 17.4. The van der Waals surface area contributed by atoms with Gasteiger partial charge in [0, 0.05) is 10.8 Å². The van der Waals surface area contributed by atoms with Gasteiger partial charge in [0.1, 0.15) is 10.1 Å². The summed E-state index contributed by atoms with van der Waals surface area (Å²) >= 11 is 0. The number of hydrogen-bond acceptors (Lipinski definition) is 6. The van der Waals surface area contributed by atoms with Crippen LogP contribution >= 0.6 is 21.6 Å². The van der Waals surface area contributed by atoms with E-state index in [9.17, 15) is 16.8 Å². The second-order valence-corrected chi connectivity index (χ2v) is 15.0. The predicted molar refractivity (Wildman–Crippen MR) is 163 cm³/mol. The maximum absolute atomic E-state index is 14.0. The molecular weight excluding hydrogens is 581 g/mol. The van der Waals surface area contributed by atoms with Crippen molar-refractivity contribution in [2.75, 3.05) is 0 Å². The Balaban J connectivity index is 1.49. The summed E-state index contributed by atoms with van der Waals surface area (Å²) in [6.07, 6.45) is 0. The van der Waals surface area contributed by atoms with Gasteiger partial charge in [0.05, 0.1) is 20.8 Å². The number of para-hydroxylation sites is 2. The van der Waals surface area contributed by atoms with E-state index in [1.165, 1.54) is 29.5 Å². The average Bonchev–Trinajstić information content (AvgIpc) is 3.51. The number of benzene rings is 4. The van der Waals surface area contributed by atoms with Gasteiger partial charge in [-0.25, -0.2) is 24.8 Å². The zero-order valence-electron chi connectivity index (χ0n) is 21.6. The van der Waals surface area contributed by atoms with Gasteiger partial charge in [-0.2, -0.15) is 0 Å². The summed E-state index contributed by atoms with van der Waals surface area (Å²) in [5, 5.41) is 2.49. The van der Waals surface area contributed by atoms with Crippen molar-refractivity contribution in [3.63, 3.8) is 0 Å². The van der Waals surface area contributed by atoms with Crippen molar-refractivity contribution in [3.8, 4) is 0 Å². The Labute approximate surface area is 241 Å². The Hall–Kier alpha value is -3.44. The van der Waals surface area contributed by atoms with Crippen LogP contribution < -0.4 is 0 Å². The minimum atomic E-state index is -3.94. The predicted octanol–water partition coefficient (Wildman–Crippen LogP) is 7.49. The van der Waals surface area contributed by atoms with Crippen LogP contribution in [0.4, 0.5) is 0 Å². The van der Waals surface area contributed by atoms with E-state index in [2.05, 4.69) is 0 Å². The number of aryl methyl sites for hydroxylation is 2. The normalized spacial score (nSPS) is 12.3. The minimum absolute atomic E-state index is 0.222. The molecule has 0 bridgehead atoms. The van der Waals surface area contributed by atoms with Crippen molar-refractivity contribution < 1.29 is 16.8 Å². The van der Waals surface area contributed by atoms with Gasteiger partial charge in [-0.15, -0.1) is 0 Å². The van der Waals surface area contributed by atoms with E-state index in [1.54, 1.807) is 86.6 Å². The monoisotopic (exact) mass is 604 g/mol. The highest BCUT2D eigenvalue weighted by atomic mass is 33.1. The number of hydrogen-bond donors (Lipinski definition) is 0. The van der Waals surface area contributed by atoms with E-state index in [1.807, 2.05) is 36.4 Å². The van der Waals surface area contributed by atoms with Gasteiger partial charge in [0.2, 0.25) is 0 Å². The maximum Gasteiger partial charge on any atom is 0.269 e. The van der Waals surface area contributed by atoms with Crippen molar-refractivity contribution in [1.29, 1.82) is 0 Å². The minimum Gasteiger partial charge on any atom is -0.227 e. The molecule has 0 unspecified atom stereocenters. The van der Waals surface area contributed by atoms with Crippen LogP contribution in [0.1, 0.15) is 11.1 Å². The molecule has 202 valence electrons. The van der Waals surface area contributed by atoms with Gasteiger partial charge < -0.3 is 0 Å². The fourth-order valence-electron chi connectivity index (χ4n) is 4.80. The molecule has 0 amide bonds. The molecular formula is C30H24N2O4S4. The van der Waals surface area contributed by atoms with E-state index in [-0.39, 0.29) is 9.79 Å². The molecule has 0 saturated heterocycles. The molecule has 0 fully saturated rings. The second kappa shape index (κ2) is 10.2. The summed E-state index contributed by atoms with van der Waals surface area (Å²) in [5.41, 5.74) is 2.41. The van der Waals surface area contributed by atoms with Gasteiger partial charge in [0.15, 0.2) is 0 Å². The van der Waals surface area contributed by atoms with Crippen molar-refractivity contribution in [3.05, 3.63) is 120 Å². The van der Waals surface area contributed by atoms with Crippen LogP contribution in [0.15, 0.2) is 129 Å². The molecule has 0 radical (unpaired) electrons. The Morgan fingerprint density at radius 3 is 1.25 bits per heavy atom. The van der Waals surface area contributed by atoms with Crippen LogP contribution in [0.3, 0.4) is 0 Å². The topological polar surface area (TPSA) is 78.1 Å². The van der Waals surface area contributed by atoms with Crippen LogP contribution in [0, 0.1) is 13.8 Å². The maximum atomic E-state index is 14.0. The van der Waals surface area contributed by atoms with E-state index in [0.717, 1.165) is 10.8 Å². The molecule has 0 N–H and O–H groups in total. The Kier molecular flexibility index (Phi) is 6.82. The van der Waals surface area contributed by atoms with Gasteiger partial charge in [-0.1, -0.05) is 72.8 Å². The number of nitrogens with zero attached hydrogens (tertiary/aromatic N) is 2. The van der Waals surface area contributed by atoms with Crippen molar-refractivity contribution in [1.82, 2.24) is 7.94 Å². The molecule has 6 aromatic rings. The lowest BCUT2D eigenvalue weighted by Gasteiger charge is -2.15. The molecule has 4 aromatic carbocycles. The van der Waals surface area contributed by atoms with Gasteiger partial charge in [-0.05, 0) is 83.0 Å². The SMILES string of the molecule is Cc1ccccc1S(=O)(=O)n1c(SSc2cc3ccccc3n2S(=O)(=O)c2ccccc2C)cc2ccccc21. The number of aromatic nitrogens is 2. The summed E-state index contributed by atoms with van der Waals surface area (Å²) in [5.74, 6) is 0. The quantitative estimate of drug-likeness (QED) is 0.176. The summed E-state index contributed by atoms with van der Waals surface area (Å²) in [7, 11) is -5.46. The highest BCUT2D eigenvalue weighted by molar-refractivity contribution is 8.76. The molecule has 0 aliphatic rings. The molecule has 6 rings (SSSR count). The Morgan fingerprint density at radius 1 is 0.500 bits per heavy atom. The number of rotatable bonds is 7. The third kappa shape index (κ3) is 4.45. The molecule has 2 heterocycles. The second-order valence-electron chi connectivity index (χ2n) is 9.32. The lowest BCUT2D eigenvalue weighted by atomic mass is 10.2. The van der Waals surface area contributed by atoms with E-state index < -0.39 is 20.0 Å². The molecule has 2 aromatic heterocycles. The fourth-order valence-corrected chi connectivity index (χ4v) is 11.3.